The molecule has 0 radical (unpaired) electrons. The number of anilines is 2. The Labute approximate surface area is 216 Å². The first-order valence-electron chi connectivity index (χ1n) is 12.8. The van der Waals surface area contributed by atoms with Crippen LogP contribution in [0.1, 0.15) is 29.1 Å². The van der Waals surface area contributed by atoms with Gasteiger partial charge in [0.25, 0.3) is 5.91 Å². The molecule has 3 aromatic rings. The van der Waals surface area contributed by atoms with Gasteiger partial charge in [-0.05, 0) is 55.7 Å². The molecule has 0 atom stereocenters. The molecule has 0 bridgehead atoms. The lowest BCUT2D eigenvalue weighted by atomic mass is 9.87. The van der Waals surface area contributed by atoms with Crippen LogP contribution in [-0.4, -0.2) is 68.9 Å². The minimum absolute atomic E-state index is 0.0324. The van der Waals surface area contributed by atoms with E-state index >= 15 is 0 Å². The topological polar surface area (TPSA) is 69.7 Å². The number of aromatic nitrogens is 1. The molecule has 0 aliphatic carbocycles. The van der Waals surface area contributed by atoms with Crippen molar-refractivity contribution in [1.82, 2.24) is 15.6 Å². The fraction of sp³-hybridized carbons (Fsp3) is 0.429. The van der Waals surface area contributed by atoms with Gasteiger partial charge in [-0.2, -0.15) is 0 Å². The van der Waals surface area contributed by atoms with E-state index in [1.165, 1.54) is 16.3 Å². The summed E-state index contributed by atoms with van der Waals surface area (Å²) < 4.78 is 5.63. The van der Waals surface area contributed by atoms with Gasteiger partial charge in [0.15, 0.2) is 0 Å². The molecule has 3 aliphatic rings. The van der Waals surface area contributed by atoms with Crippen molar-refractivity contribution in [2.75, 3.05) is 62.3 Å². The van der Waals surface area contributed by atoms with E-state index in [1.807, 2.05) is 6.20 Å². The quantitative estimate of drug-likeness (QED) is 0.565. The van der Waals surface area contributed by atoms with Gasteiger partial charge in [0.2, 0.25) is 0 Å². The highest BCUT2D eigenvalue weighted by atomic mass is 32.1. The molecule has 5 heterocycles. The minimum atomic E-state index is -0.282. The van der Waals surface area contributed by atoms with Crippen LogP contribution >= 0.6 is 11.3 Å². The summed E-state index contributed by atoms with van der Waals surface area (Å²) in [6.07, 6.45) is 2.71. The summed E-state index contributed by atoms with van der Waals surface area (Å²) in [5.74, 6) is 0.0324. The molecule has 6 rings (SSSR count). The number of carbonyl (C=O) groups is 1. The maximum atomic E-state index is 13.1. The molecule has 2 saturated heterocycles. The third-order valence-electron chi connectivity index (χ3n) is 7.24. The highest BCUT2D eigenvalue weighted by molar-refractivity contribution is 7.19. The molecule has 2 aromatic heterocycles. The van der Waals surface area contributed by atoms with Crippen LogP contribution in [0, 0.1) is 0 Å². The van der Waals surface area contributed by atoms with Crippen LogP contribution in [-0.2, 0) is 11.2 Å². The third kappa shape index (κ3) is 4.49. The van der Waals surface area contributed by atoms with Crippen LogP contribution in [0.4, 0.5) is 10.7 Å². The van der Waals surface area contributed by atoms with Gasteiger partial charge < -0.3 is 25.2 Å². The molecule has 2 N–H and O–H groups in total. The number of hydrogen-bond donors (Lipinski definition) is 2. The second-order valence-corrected chi connectivity index (χ2v) is 11.4. The Morgan fingerprint density at radius 2 is 1.81 bits per heavy atom. The number of carbonyl (C=O) groups excluding carboxylic acids is 1. The average molecular weight is 504 g/mol. The molecule has 8 heteroatoms. The number of fused-ring (bicyclic) bond motifs is 1. The van der Waals surface area contributed by atoms with Gasteiger partial charge in [-0.25, -0.2) is 0 Å². The number of hydrogen-bond acceptors (Lipinski definition) is 7. The van der Waals surface area contributed by atoms with Gasteiger partial charge in [0.1, 0.15) is 5.00 Å². The van der Waals surface area contributed by atoms with E-state index < -0.39 is 0 Å². The molecule has 1 amide bonds. The number of piperazine rings is 1. The molecule has 188 valence electrons. The Morgan fingerprint density at radius 3 is 2.61 bits per heavy atom. The zero-order valence-corrected chi connectivity index (χ0v) is 21.8. The first-order chi connectivity index (χ1) is 17.5. The third-order valence-corrected chi connectivity index (χ3v) is 8.53. The van der Waals surface area contributed by atoms with Gasteiger partial charge >= 0.3 is 0 Å². The van der Waals surface area contributed by atoms with Gasteiger partial charge in [-0.3, -0.25) is 9.78 Å². The number of pyridine rings is 1. The first kappa shape index (κ1) is 23.5. The summed E-state index contributed by atoms with van der Waals surface area (Å²) in [6.45, 7) is 11.3. The van der Waals surface area contributed by atoms with E-state index in [-0.39, 0.29) is 11.4 Å². The smallest absolute Gasteiger partial charge is 0.262 e. The number of thiophene rings is 1. The molecule has 2 fully saturated rings. The van der Waals surface area contributed by atoms with Gasteiger partial charge in [0, 0.05) is 67.8 Å². The van der Waals surface area contributed by atoms with Crippen molar-refractivity contribution in [2.45, 2.75) is 25.8 Å². The summed E-state index contributed by atoms with van der Waals surface area (Å²) in [6, 6.07) is 13.0. The highest BCUT2D eigenvalue weighted by Gasteiger charge is 2.36. The van der Waals surface area contributed by atoms with Crippen LogP contribution in [0.2, 0.25) is 0 Å². The first-order valence-corrected chi connectivity index (χ1v) is 13.6. The molecule has 36 heavy (non-hydrogen) atoms. The normalized spacial score (nSPS) is 19.7. The van der Waals surface area contributed by atoms with Crippen LogP contribution in [0.5, 0.6) is 0 Å². The van der Waals surface area contributed by atoms with E-state index in [0.717, 1.165) is 73.0 Å². The summed E-state index contributed by atoms with van der Waals surface area (Å²) in [5, 5.41) is 7.78. The number of ether oxygens (including phenoxy) is 1. The van der Waals surface area contributed by atoms with Gasteiger partial charge in [0.05, 0.1) is 23.8 Å². The Morgan fingerprint density at radius 1 is 1.00 bits per heavy atom. The highest BCUT2D eigenvalue weighted by Crippen LogP contribution is 2.46. The van der Waals surface area contributed by atoms with Crippen molar-refractivity contribution in [3.05, 3.63) is 53.0 Å². The summed E-state index contributed by atoms with van der Waals surface area (Å²) in [4.78, 5) is 23.5. The molecule has 7 nitrogen and oxygen atoms in total. The number of morpholine rings is 1. The summed E-state index contributed by atoms with van der Waals surface area (Å²) in [5.41, 5.74) is 6.48. The monoisotopic (exact) mass is 503 g/mol. The van der Waals surface area contributed by atoms with Crippen molar-refractivity contribution >= 4 is 27.9 Å². The Balaban J connectivity index is 1.43. The second-order valence-electron chi connectivity index (χ2n) is 10.4. The number of nitrogens with zero attached hydrogens (tertiary/aromatic N) is 3. The summed E-state index contributed by atoms with van der Waals surface area (Å²) >= 11 is 1.62. The molecule has 3 aliphatic heterocycles. The molecule has 0 spiro atoms. The number of benzene rings is 1. The lowest BCUT2D eigenvalue weighted by Crippen LogP contribution is -2.48. The summed E-state index contributed by atoms with van der Waals surface area (Å²) in [7, 11) is 0. The van der Waals surface area contributed by atoms with Crippen LogP contribution < -0.4 is 20.4 Å². The van der Waals surface area contributed by atoms with Gasteiger partial charge in [-0.1, -0.05) is 12.1 Å². The SMILES string of the molecule is CC1(C)Cc2c(sc(N3CCOCC3)c2-c2ccnc(-c3cccc(N4CCNCC4)c3)c2)C(=O)N1. The second kappa shape index (κ2) is 9.50. The van der Waals surface area contributed by atoms with Crippen LogP contribution in [0.3, 0.4) is 0 Å². The Kier molecular flexibility index (Phi) is 6.19. The fourth-order valence-electron chi connectivity index (χ4n) is 5.47. The van der Waals surface area contributed by atoms with Crippen molar-refractivity contribution in [2.24, 2.45) is 0 Å². The maximum Gasteiger partial charge on any atom is 0.262 e. The van der Waals surface area contributed by atoms with E-state index in [1.54, 1.807) is 11.3 Å². The molecule has 0 saturated carbocycles. The zero-order valence-electron chi connectivity index (χ0n) is 21.0. The largest absolute Gasteiger partial charge is 0.378 e. The van der Waals surface area contributed by atoms with Crippen molar-refractivity contribution in [3.63, 3.8) is 0 Å². The molecular weight excluding hydrogens is 470 g/mol. The maximum absolute atomic E-state index is 13.1. The molecule has 1 aromatic carbocycles. The van der Waals surface area contributed by atoms with Crippen molar-refractivity contribution in [3.8, 4) is 22.4 Å². The van der Waals surface area contributed by atoms with E-state index in [0.29, 0.717) is 13.2 Å². The molecule has 0 unspecified atom stereocenters. The van der Waals surface area contributed by atoms with E-state index in [2.05, 4.69) is 70.7 Å². The van der Waals surface area contributed by atoms with E-state index in [9.17, 15) is 4.79 Å². The van der Waals surface area contributed by atoms with Crippen LogP contribution in [0.15, 0.2) is 42.6 Å². The average Bonchev–Trinajstić information content (AvgIpc) is 3.28. The minimum Gasteiger partial charge on any atom is -0.378 e. The van der Waals surface area contributed by atoms with Crippen molar-refractivity contribution < 1.29 is 9.53 Å². The number of rotatable bonds is 4. The standard InChI is InChI=1S/C28H33N5O2S/c1-28(2)18-22-24(27(33-12-14-35-15-13-33)36-25(22)26(34)31-28)20-6-7-30-23(17-20)19-4-3-5-21(16-19)32-10-8-29-9-11-32/h3-7,16-17,29H,8-15,18H2,1-2H3,(H,31,34). The predicted molar refractivity (Wildman–Crippen MR) is 146 cm³/mol. The van der Waals surface area contributed by atoms with Gasteiger partial charge in [-0.15, -0.1) is 11.3 Å². The lowest BCUT2D eigenvalue weighted by Gasteiger charge is -2.31. The van der Waals surface area contributed by atoms with E-state index in [4.69, 9.17) is 9.72 Å². The Bertz CT molecular complexity index is 1270. The zero-order chi connectivity index (χ0) is 24.7. The number of amides is 1. The fourth-order valence-corrected chi connectivity index (χ4v) is 6.76. The lowest BCUT2D eigenvalue weighted by molar-refractivity contribution is 0.0902. The van der Waals surface area contributed by atoms with Crippen LogP contribution in [0.25, 0.3) is 22.4 Å². The molecular formula is C28H33N5O2S. The number of nitrogens with one attached hydrogen (secondary N) is 2. The predicted octanol–water partition coefficient (Wildman–Crippen LogP) is 3.79. The Hall–Kier alpha value is -2.94. The van der Waals surface area contributed by atoms with Crippen molar-refractivity contribution in [1.29, 1.82) is 0 Å².